The maximum atomic E-state index is 12.4. The SMILES string of the molecule is Cc1ccnc2nc(C(=O)N(C)CC(=O)Nc3cccc(Cl)c3)nn12. The normalized spacial score (nSPS) is 10.7. The summed E-state index contributed by atoms with van der Waals surface area (Å²) in [5.74, 6) is -0.498. The molecule has 0 atom stereocenters. The lowest BCUT2D eigenvalue weighted by atomic mass is 10.3. The molecule has 0 aliphatic rings. The molecule has 0 fully saturated rings. The highest BCUT2D eigenvalue weighted by atomic mass is 35.5. The molecule has 0 radical (unpaired) electrons. The van der Waals surface area contributed by atoms with Crippen molar-refractivity contribution in [2.24, 2.45) is 0 Å². The van der Waals surface area contributed by atoms with Crippen molar-refractivity contribution < 1.29 is 9.59 Å². The van der Waals surface area contributed by atoms with Gasteiger partial charge in [-0.25, -0.2) is 9.50 Å². The van der Waals surface area contributed by atoms with Gasteiger partial charge in [0.15, 0.2) is 0 Å². The molecule has 2 amide bonds. The number of nitrogens with zero attached hydrogens (tertiary/aromatic N) is 5. The van der Waals surface area contributed by atoms with Gasteiger partial charge < -0.3 is 10.2 Å². The third kappa shape index (κ3) is 3.74. The topological polar surface area (TPSA) is 92.5 Å². The second kappa shape index (κ2) is 6.86. The van der Waals surface area contributed by atoms with Crippen molar-refractivity contribution in [2.45, 2.75) is 6.92 Å². The van der Waals surface area contributed by atoms with Crippen LogP contribution >= 0.6 is 11.6 Å². The van der Waals surface area contributed by atoms with Crippen molar-refractivity contribution in [3.63, 3.8) is 0 Å². The number of benzene rings is 1. The summed E-state index contributed by atoms with van der Waals surface area (Å²) in [6.07, 6.45) is 1.59. The van der Waals surface area contributed by atoms with Crippen molar-refractivity contribution in [1.29, 1.82) is 0 Å². The predicted molar refractivity (Wildman–Crippen MR) is 92.6 cm³/mol. The number of carbonyl (C=O) groups excluding carboxylic acids is 2. The summed E-state index contributed by atoms with van der Waals surface area (Å²) in [5, 5.41) is 7.33. The highest BCUT2D eigenvalue weighted by Crippen LogP contribution is 2.14. The Balaban J connectivity index is 1.69. The predicted octanol–water partition coefficient (Wildman–Crippen LogP) is 1.80. The van der Waals surface area contributed by atoms with E-state index in [4.69, 9.17) is 11.6 Å². The highest BCUT2D eigenvalue weighted by Gasteiger charge is 2.20. The molecule has 2 heterocycles. The molecule has 0 bridgehead atoms. The van der Waals surface area contributed by atoms with Gasteiger partial charge in [-0.2, -0.15) is 4.98 Å². The van der Waals surface area contributed by atoms with E-state index in [0.717, 1.165) is 5.69 Å². The maximum absolute atomic E-state index is 12.4. The Labute approximate surface area is 148 Å². The summed E-state index contributed by atoms with van der Waals surface area (Å²) in [6.45, 7) is 1.69. The molecule has 25 heavy (non-hydrogen) atoms. The Morgan fingerprint density at radius 3 is 2.84 bits per heavy atom. The monoisotopic (exact) mass is 358 g/mol. The molecule has 9 heteroatoms. The molecule has 128 valence electrons. The fourth-order valence-corrected chi connectivity index (χ4v) is 2.41. The molecular weight excluding hydrogens is 344 g/mol. The zero-order valence-corrected chi connectivity index (χ0v) is 14.4. The van der Waals surface area contributed by atoms with Gasteiger partial charge in [0.05, 0.1) is 6.54 Å². The lowest BCUT2D eigenvalue weighted by Gasteiger charge is -2.15. The second-order valence-corrected chi connectivity index (χ2v) is 5.89. The number of amides is 2. The summed E-state index contributed by atoms with van der Waals surface area (Å²) >= 11 is 5.88. The van der Waals surface area contributed by atoms with Crippen LogP contribution < -0.4 is 5.32 Å². The van der Waals surface area contributed by atoms with Gasteiger partial charge in [0, 0.05) is 29.6 Å². The molecule has 8 nitrogen and oxygen atoms in total. The van der Waals surface area contributed by atoms with Gasteiger partial charge in [-0.15, -0.1) is 5.10 Å². The van der Waals surface area contributed by atoms with Crippen LogP contribution in [0.5, 0.6) is 0 Å². The number of aromatic nitrogens is 4. The van der Waals surface area contributed by atoms with Crippen LogP contribution in [0.1, 0.15) is 16.3 Å². The highest BCUT2D eigenvalue weighted by molar-refractivity contribution is 6.30. The van der Waals surface area contributed by atoms with Crippen LogP contribution in [0.4, 0.5) is 5.69 Å². The number of anilines is 1. The molecule has 3 rings (SSSR count). The Morgan fingerprint density at radius 1 is 1.32 bits per heavy atom. The van der Waals surface area contributed by atoms with Gasteiger partial charge in [0.25, 0.3) is 11.7 Å². The van der Waals surface area contributed by atoms with Crippen LogP contribution in [0.3, 0.4) is 0 Å². The van der Waals surface area contributed by atoms with Crippen LogP contribution in [0, 0.1) is 6.92 Å². The molecule has 0 saturated heterocycles. The van der Waals surface area contributed by atoms with Gasteiger partial charge in [-0.05, 0) is 31.2 Å². The Kier molecular flexibility index (Phi) is 4.62. The summed E-state index contributed by atoms with van der Waals surface area (Å²) in [7, 11) is 1.51. The summed E-state index contributed by atoms with van der Waals surface area (Å²) in [6, 6.07) is 8.53. The van der Waals surface area contributed by atoms with E-state index in [1.807, 2.05) is 6.92 Å². The first kappa shape index (κ1) is 16.8. The number of likely N-dealkylation sites (N-methyl/N-ethyl adjacent to an activating group) is 1. The number of rotatable bonds is 4. The first-order valence-electron chi connectivity index (χ1n) is 7.43. The lowest BCUT2D eigenvalue weighted by Crippen LogP contribution is -2.35. The Morgan fingerprint density at radius 2 is 2.12 bits per heavy atom. The molecule has 0 unspecified atom stereocenters. The second-order valence-electron chi connectivity index (χ2n) is 5.45. The molecule has 1 aromatic carbocycles. The average molecular weight is 359 g/mol. The quantitative estimate of drug-likeness (QED) is 0.767. The van der Waals surface area contributed by atoms with E-state index in [-0.39, 0.29) is 18.3 Å². The van der Waals surface area contributed by atoms with E-state index >= 15 is 0 Å². The summed E-state index contributed by atoms with van der Waals surface area (Å²) in [4.78, 5) is 33.9. The smallest absolute Gasteiger partial charge is 0.293 e. The van der Waals surface area contributed by atoms with Crippen molar-refractivity contribution in [2.75, 3.05) is 18.9 Å². The standard InChI is InChI=1S/C16H15ClN6O2/c1-10-6-7-18-16-20-14(21-23(10)16)15(25)22(2)9-13(24)19-12-5-3-4-11(17)8-12/h3-8H,9H2,1-2H3,(H,19,24). The summed E-state index contributed by atoms with van der Waals surface area (Å²) < 4.78 is 1.48. The number of hydrogen-bond acceptors (Lipinski definition) is 5. The van der Waals surface area contributed by atoms with E-state index < -0.39 is 5.91 Å². The molecule has 0 aliphatic heterocycles. The van der Waals surface area contributed by atoms with Gasteiger partial charge in [-0.3, -0.25) is 9.59 Å². The van der Waals surface area contributed by atoms with Gasteiger partial charge in [0.2, 0.25) is 11.7 Å². The molecule has 1 N–H and O–H groups in total. The largest absolute Gasteiger partial charge is 0.330 e. The number of carbonyl (C=O) groups is 2. The van der Waals surface area contributed by atoms with Crippen molar-refractivity contribution >= 4 is 34.9 Å². The number of hydrogen-bond donors (Lipinski definition) is 1. The summed E-state index contributed by atoms with van der Waals surface area (Å²) in [5.41, 5.74) is 1.36. The average Bonchev–Trinajstić information content (AvgIpc) is 2.99. The zero-order chi connectivity index (χ0) is 18.0. The third-order valence-corrected chi connectivity index (χ3v) is 3.69. The van der Waals surface area contributed by atoms with E-state index in [9.17, 15) is 9.59 Å². The van der Waals surface area contributed by atoms with E-state index in [2.05, 4.69) is 20.4 Å². The molecule has 3 aromatic rings. The lowest BCUT2D eigenvalue weighted by molar-refractivity contribution is -0.116. The Hall–Kier alpha value is -3.00. The fourth-order valence-electron chi connectivity index (χ4n) is 2.22. The van der Waals surface area contributed by atoms with Crippen molar-refractivity contribution in [1.82, 2.24) is 24.5 Å². The number of aryl methyl sites for hydroxylation is 1. The minimum Gasteiger partial charge on any atom is -0.330 e. The molecule has 2 aromatic heterocycles. The fraction of sp³-hybridized carbons (Fsp3) is 0.188. The number of fused-ring (bicyclic) bond motifs is 1. The molecular formula is C16H15ClN6O2. The van der Waals surface area contributed by atoms with Crippen LogP contribution in [0.2, 0.25) is 5.02 Å². The third-order valence-electron chi connectivity index (χ3n) is 3.46. The van der Waals surface area contributed by atoms with Crippen molar-refractivity contribution in [3.8, 4) is 0 Å². The van der Waals surface area contributed by atoms with Crippen LogP contribution in [-0.4, -0.2) is 49.9 Å². The molecule has 0 saturated carbocycles. The van der Waals surface area contributed by atoms with E-state index in [1.54, 1.807) is 36.5 Å². The first-order chi connectivity index (χ1) is 11.9. The molecule has 0 aliphatic carbocycles. The van der Waals surface area contributed by atoms with E-state index in [1.165, 1.54) is 16.5 Å². The van der Waals surface area contributed by atoms with Gasteiger partial charge in [-0.1, -0.05) is 17.7 Å². The minimum absolute atomic E-state index is 0.0140. The maximum Gasteiger partial charge on any atom is 0.293 e. The Bertz CT molecular complexity index is 955. The zero-order valence-electron chi connectivity index (χ0n) is 13.6. The number of nitrogens with one attached hydrogen (secondary N) is 1. The van der Waals surface area contributed by atoms with Gasteiger partial charge >= 0.3 is 0 Å². The van der Waals surface area contributed by atoms with Crippen LogP contribution in [0.15, 0.2) is 36.5 Å². The van der Waals surface area contributed by atoms with Gasteiger partial charge in [0.1, 0.15) is 0 Å². The molecule has 0 spiro atoms. The van der Waals surface area contributed by atoms with E-state index in [0.29, 0.717) is 16.5 Å². The van der Waals surface area contributed by atoms with Crippen LogP contribution in [0.25, 0.3) is 5.78 Å². The first-order valence-corrected chi connectivity index (χ1v) is 7.81. The van der Waals surface area contributed by atoms with Crippen molar-refractivity contribution in [3.05, 3.63) is 53.1 Å². The van der Waals surface area contributed by atoms with Crippen LogP contribution in [-0.2, 0) is 4.79 Å². The number of halogens is 1. The minimum atomic E-state index is -0.467.